The molecule has 3 fully saturated rings. The number of hydrogen-bond acceptors (Lipinski definition) is 12. The van der Waals surface area contributed by atoms with Crippen molar-refractivity contribution in [2.45, 2.75) is 74.8 Å². The highest BCUT2D eigenvalue weighted by Crippen LogP contribution is 2.39. The van der Waals surface area contributed by atoms with Crippen molar-refractivity contribution >= 4 is 11.9 Å². The van der Waals surface area contributed by atoms with Crippen LogP contribution in [0.15, 0.2) is 152 Å². The molecular formula is C47H46O12. The zero-order chi connectivity index (χ0) is 40.4. The fourth-order valence-electron chi connectivity index (χ4n) is 7.37. The molecule has 10 atom stereocenters. The monoisotopic (exact) mass is 802 g/mol. The van der Waals surface area contributed by atoms with Gasteiger partial charge in [-0.25, -0.2) is 9.59 Å². The maximum absolute atomic E-state index is 13.8. The minimum atomic E-state index is -1.25. The Kier molecular flexibility index (Phi) is 13.5. The SMILES string of the molecule is CO[C@@H]1OC[C@@H](O[C@@H]2O[C@@H]3CO[C@@H](c4ccccc4)O[C@H]3[C@H](OCc3ccccc3)[C@@H]2OCc2ccccc2)[C@H](OC(=O)c2ccccc2)[C@H]1OC(=O)c1ccccc1. The van der Waals surface area contributed by atoms with E-state index in [1.54, 1.807) is 60.7 Å². The van der Waals surface area contributed by atoms with Crippen LogP contribution in [0.25, 0.3) is 0 Å². The minimum Gasteiger partial charge on any atom is -0.452 e. The lowest BCUT2D eigenvalue weighted by molar-refractivity contribution is -0.386. The Morgan fingerprint density at radius 2 is 1.05 bits per heavy atom. The molecule has 3 heterocycles. The second-order valence-corrected chi connectivity index (χ2v) is 14.3. The molecule has 3 saturated heterocycles. The quantitative estimate of drug-likeness (QED) is 0.109. The van der Waals surface area contributed by atoms with Crippen LogP contribution in [0.4, 0.5) is 0 Å². The maximum atomic E-state index is 13.8. The Hall–Kier alpha value is -5.28. The van der Waals surface area contributed by atoms with Crippen molar-refractivity contribution in [1.82, 2.24) is 0 Å². The Morgan fingerprint density at radius 3 is 1.61 bits per heavy atom. The van der Waals surface area contributed by atoms with Crippen molar-refractivity contribution in [2.24, 2.45) is 0 Å². The summed E-state index contributed by atoms with van der Waals surface area (Å²) in [5.74, 6) is -1.32. The summed E-state index contributed by atoms with van der Waals surface area (Å²) in [5.41, 5.74) is 3.29. The van der Waals surface area contributed by atoms with E-state index in [-0.39, 0.29) is 26.4 Å². The van der Waals surface area contributed by atoms with Crippen LogP contribution in [0.2, 0.25) is 0 Å². The molecule has 59 heavy (non-hydrogen) atoms. The summed E-state index contributed by atoms with van der Waals surface area (Å²) in [4.78, 5) is 27.3. The van der Waals surface area contributed by atoms with Gasteiger partial charge < -0.3 is 47.4 Å². The normalized spacial score (nSPS) is 27.9. The van der Waals surface area contributed by atoms with Gasteiger partial charge in [0.15, 0.2) is 31.1 Å². The third-order valence-corrected chi connectivity index (χ3v) is 10.4. The Labute approximate surface area is 342 Å². The van der Waals surface area contributed by atoms with Gasteiger partial charge in [-0.2, -0.15) is 0 Å². The van der Waals surface area contributed by atoms with Crippen LogP contribution in [0.3, 0.4) is 0 Å². The molecule has 5 aromatic carbocycles. The van der Waals surface area contributed by atoms with E-state index in [0.717, 1.165) is 16.7 Å². The number of esters is 2. The van der Waals surface area contributed by atoms with Crippen molar-refractivity contribution in [3.05, 3.63) is 179 Å². The molecule has 0 unspecified atom stereocenters. The van der Waals surface area contributed by atoms with E-state index in [4.69, 9.17) is 47.4 Å². The van der Waals surface area contributed by atoms with E-state index >= 15 is 0 Å². The lowest BCUT2D eigenvalue weighted by Gasteiger charge is -2.50. The maximum Gasteiger partial charge on any atom is 0.338 e. The van der Waals surface area contributed by atoms with Crippen molar-refractivity contribution in [3.63, 3.8) is 0 Å². The number of rotatable bonds is 14. The molecule has 8 rings (SSSR count). The Morgan fingerprint density at radius 1 is 0.542 bits per heavy atom. The van der Waals surface area contributed by atoms with Crippen molar-refractivity contribution in [2.75, 3.05) is 20.3 Å². The lowest BCUT2D eigenvalue weighted by Crippen LogP contribution is -2.65. The van der Waals surface area contributed by atoms with Gasteiger partial charge in [-0.1, -0.05) is 127 Å². The van der Waals surface area contributed by atoms with Crippen LogP contribution in [0.5, 0.6) is 0 Å². The van der Waals surface area contributed by atoms with E-state index in [1.165, 1.54) is 7.11 Å². The van der Waals surface area contributed by atoms with E-state index < -0.39 is 73.5 Å². The molecule has 12 nitrogen and oxygen atoms in total. The fourth-order valence-corrected chi connectivity index (χ4v) is 7.37. The summed E-state index contributed by atoms with van der Waals surface area (Å²) in [6, 6.07) is 46.2. The van der Waals surface area contributed by atoms with Crippen LogP contribution < -0.4 is 0 Å². The zero-order valence-corrected chi connectivity index (χ0v) is 32.4. The van der Waals surface area contributed by atoms with Crippen molar-refractivity contribution in [3.8, 4) is 0 Å². The van der Waals surface area contributed by atoms with Gasteiger partial charge in [-0.3, -0.25) is 0 Å². The molecule has 0 N–H and O–H groups in total. The number of carbonyl (C=O) groups is 2. The Balaban J connectivity index is 1.13. The molecule has 5 aromatic rings. The summed E-state index contributed by atoms with van der Waals surface area (Å²) in [5, 5.41) is 0. The molecule has 3 aliphatic heterocycles. The summed E-state index contributed by atoms with van der Waals surface area (Å²) < 4.78 is 64.0. The van der Waals surface area contributed by atoms with Crippen LogP contribution >= 0.6 is 0 Å². The molecular weight excluding hydrogens is 757 g/mol. The first-order valence-corrected chi connectivity index (χ1v) is 19.6. The van der Waals surface area contributed by atoms with Crippen molar-refractivity contribution in [1.29, 1.82) is 0 Å². The van der Waals surface area contributed by atoms with Gasteiger partial charge in [0.25, 0.3) is 0 Å². The summed E-state index contributed by atoms with van der Waals surface area (Å²) in [6.07, 6.45) is -9.41. The van der Waals surface area contributed by atoms with Crippen LogP contribution in [-0.2, 0) is 60.6 Å². The molecule has 0 radical (unpaired) electrons. The molecule has 0 aliphatic carbocycles. The highest BCUT2D eigenvalue weighted by molar-refractivity contribution is 5.90. The molecule has 3 aliphatic rings. The highest BCUT2D eigenvalue weighted by atomic mass is 16.8. The number of ether oxygens (including phenoxy) is 10. The third kappa shape index (κ3) is 9.96. The Bertz CT molecular complexity index is 2060. The van der Waals surface area contributed by atoms with E-state index in [2.05, 4.69) is 0 Å². The number of carbonyl (C=O) groups excluding carboxylic acids is 2. The van der Waals surface area contributed by atoms with Gasteiger partial charge in [0.2, 0.25) is 0 Å². The smallest absolute Gasteiger partial charge is 0.338 e. The van der Waals surface area contributed by atoms with E-state index in [1.807, 2.05) is 91.0 Å². The van der Waals surface area contributed by atoms with E-state index in [9.17, 15) is 9.59 Å². The second kappa shape index (κ2) is 19.6. The lowest BCUT2D eigenvalue weighted by atomic mass is 9.96. The third-order valence-electron chi connectivity index (χ3n) is 10.4. The standard InChI is InChI=1S/C47H46O12/c1-50-46-42(58-44(49)34-23-13-5-14-24-34)39(57-43(48)33-21-11-4-12-22-33)37(30-54-46)56-47-41(52-28-32-19-9-3-10-20-32)40(51-27-31-17-7-2-8-18-31)38-36(55-47)29-53-45(59-38)35-25-15-6-16-26-35/h2-26,36-42,45-47H,27-30H2,1H3/t36-,37-,38-,39+,40+,41+,42-,45-,46-,47+/m1/s1. The van der Waals surface area contributed by atoms with Gasteiger partial charge in [-0.15, -0.1) is 0 Å². The molecule has 306 valence electrons. The van der Waals surface area contributed by atoms with Gasteiger partial charge in [0.05, 0.1) is 37.6 Å². The molecule has 0 amide bonds. The number of methoxy groups -OCH3 is 1. The predicted octanol–water partition coefficient (Wildman–Crippen LogP) is 6.84. The largest absolute Gasteiger partial charge is 0.452 e. The highest BCUT2D eigenvalue weighted by Gasteiger charge is 2.55. The van der Waals surface area contributed by atoms with Gasteiger partial charge in [0.1, 0.15) is 30.5 Å². The summed E-state index contributed by atoms with van der Waals surface area (Å²) in [6.45, 7) is 0.455. The summed E-state index contributed by atoms with van der Waals surface area (Å²) >= 11 is 0. The number of hydrogen-bond donors (Lipinski definition) is 0. The topological polar surface area (TPSA) is 126 Å². The zero-order valence-electron chi connectivity index (χ0n) is 32.4. The average molecular weight is 803 g/mol. The average Bonchev–Trinajstić information content (AvgIpc) is 3.30. The first-order chi connectivity index (χ1) is 29.0. The van der Waals surface area contributed by atoms with Crippen LogP contribution in [-0.4, -0.2) is 87.6 Å². The van der Waals surface area contributed by atoms with Gasteiger partial charge in [0, 0.05) is 12.7 Å². The van der Waals surface area contributed by atoms with Crippen LogP contribution in [0.1, 0.15) is 43.7 Å². The van der Waals surface area contributed by atoms with Gasteiger partial charge in [-0.05, 0) is 35.4 Å². The summed E-state index contributed by atoms with van der Waals surface area (Å²) in [7, 11) is 1.42. The number of fused-ring (bicyclic) bond motifs is 1. The molecule has 0 spiro atoms. The first kappa shape index (κ1) is 40.5. The molecule has 0 saturated carbocycles. The second-order valence-electron chi connectivity index (χ2n) is 14.3. The first-order valence-electron chi connectivity index (χ1n) is 19.6. The molecule has 12 heteroatoms. The van der Waals surface area contributed by atoms with Gasteiger partial charge >= 0.3 is 11.9 Å². The predicted molar refractivity (Wildman–Crippen MR) is 212 cm³/mol. The fraction of sp³-hybridized carbons (Fsp3) is 0.319. The van der Waals surface area contributed by atoms with Crippen LogP contribution in [0, 0.1) is 0 Å². The molecule has 0 aromatic heterocycles. The van der Waals surface area contributed by atoms with E-state index in [0.29, 0.717) is 11.1 Å². The number of benzene rings is 5. The van der Waals surface area contributed by atoms with Crippen molar-refractivity contribution < 1.29 is 57.0 Å². The minimum absolute atomic E-state index is 0.122. The molecule has 0 bridgehead atoms.